The number of carbonyl (C=O) groups excluding carboxylic acids is 2. The van der Waals surface area contributed by atoms with Gasteiger partial charge >= 0.3 is 12.2 Å². The molecule has 2 heterocycles. The summed E-state index contributed by atoms with van der Waals surface area (Å²) in [5.74, 6) is -2.13. The van der Waals surface area contributed by atoms with Gasteiger partial charge in [0.05, 0.1) is 62.2 Å². The van der Waals surface area contributed by atoms with Gasteiger partial charge in [-0.2, -0.15) is 13.2 Å². The lowest BCUT2D eigenvalue weighted by Crippen LogP contribution is -2.21. The van der Waals surface area contributed by atoms with Crippen molar-refractivity contribution in [3.05, 3.63) is 95.1 Å². The maximum Gasteiger partial charge on any atom is 0.416 e. The smallest absolute Gasteiger partial charge is 0.416 e. The summed E-state index contributed by atoms with van der Waals surface area (Å²) < 4.78 is 77.4. The molecule has 0 saturated carbocycles. The Balaban J connectivity index is 1.19. The van der Waals surface area contributed by atoms with Crippen molar-refractivity contribution in [3.8, 4) is 5.75 Å². The number of nitrogens with two attached hydrogens (primary N) is 1. The minimum Gasteiger partial charge on any atom is -0.488 e. The number of hydrogen-bond donors (Lipinski definition) is 6. The van der Waals surface area contributed by atoms with Crippen molar-refractivity contribution in [2.45, 2.75) is 13.1 Å². The lowest BCUT2D eigenvalue weighted by atomic mass is 10.1. The van der Waals surface area contributed by atoms with E-state index < -0.39 is 35.0 Å². The highest BCUT2D eigenvalue weighted by Crippen LogP contribution is 2.38. The molecule has 0 bridgehead atoms. The van der Waals surface area contributed by atoms with E-state index >= 15 is 4.39 Å². The molecule has 7 N–H and O–H groups in total. The average Bonchev–Trinajstić information content (AvgIpc) is 3.73. The largest absolute Gasteiger partial charge is 0.488 e. The number of hydrogen-bond acceptors (Lipinski definition) is 8. The second-order valence-corrected chi connectivity index (χ2v) is 11.4. The van der Waals surface area contributed by atoms with E-state index in [0.717, 1.165) is 16.8 Å². The van der Waals surface area contributed by atoms with E-state index in [-0.39, 0.29) is 38.0 Å². The SMILES string of the molecule is Cc1ccc(NC(=O)Nc2cc(C(F)(F)F)cc(OCCOCCOCCOCCN)c2F)cc1Nc1ccc2c(c1)NC(=O)/C2=C\c1ccc[nH]1. The monoisotopic (exact) mass is 726 g/mol. The molecule has 276 valence electrons. The number of nitrogens with one attached hydrogen (secondary N) is 5. The van der Waals surface area contributed by atoms with Crippen molar-refractivity contribution >= 4 is 52.0 Å². The second kappa shape index (κ2) is 17.7. The molecule has 0 unspecified atom stereocenters. The second-order valence-electron chi connectivity index (χ2n) is 11.4. The van der Waals surface area contributed by atoms with Gasteiger partial charge in [-0.15, -0.1) is 0 Å². The fourth-order valence-corrected chi connectivity index (χ4v) is 5.07. The van der Waals surface area contributed by atoms with E-state index in [1.165, 1.54) is 0 Å². The van der Waals surface area contributed by atoms with Crippen LogP contribution in [-0.4, -0.2) is 69.7 Å². The van der Waals surface area contributed by atoms with Gasteiger partial charge in [0.15, 0.2) is 11.6 Å². The molecule has 0 saturated heterocycles. The summed E-state index contributed by atoms with van der Waals surface area (Å²) in [6, 6.07) is 14.0. The van der Waals surface area contributed by atoms with Crippen LogP contribution >= 0.6 is 0 Å². The van der Waals surface area contributed by atoms with Crippen molar-refractivity contribution in [2.75, 3.05) is 74.1 Å². The number of anilines is 5. The Morgan fingerprint density at radius 3 is 2.27 bits per heavy atom. The van der Waals surface area contributed by atoms with E-state index in [4.69, 9.17) is 24.7 Å². The van der Waals surface area contributed by atoms with Crippen LogP contribution in [0.3, 0.4) is 0 Å². The first-order chi connectivity index (χ1) is 25.0. The first-order valence-corrected chi connectivity index (χ1v) is 16.2. The number of benzene rings is 3. The van der Waals surface area contributed by atoms with Gasteiger partial charge in [-0.1, -0.05) is 12.1 Å². The number of fused-ring (bicyclic) bond motifs is 1. The van der Waals surface area contributed by atoms with E-state index in [9.17, 15) is 22.8 Å². The Hall–Kier alpha value is -5.42. The molecule has 1 aliphatic heterocycles. The van der Waals surface area contributed by atoms with Crippen LogP contribution in [0.15, 0.2) is 66.9 Å². The minimum absolute atomic E-state index is 0.0536. The van der Waals surface area contributed by atoms with Gasteiger partial charge in [0.2, 0.25) is 0 Å². The highest BCUT2D eigenvalue weighted by Gasteiger charge is 2.33. The van der Waals surface area contributed by atoms with Gasteiger partial charge in [0, 0.05) is 41.1 Å². The Morgan fingerprint density at radius 2 is 1.58 bits per heavy atom. The Morgan fingerprint density at radius 1 is 0.865 bits per heavy atom. The summed E-state index contributed by atoms with van der Waals surface area (Å²) in [5.41, 5.74) is 8.33. The number of rotatable bonds is 17. The molecule has 1 aliphatic rings. The number of urea groups is 1. The number of alkyl halides is 3. The van der Waals surface area contributed by atoms with E-state index in [1.54, 1.807) is 42.6 Å². The lowest BCUT2D eigenvalue weighted by molar-refractivity contribution is -0.137. The van der Waals surface area contributed by atoms with Gasteiger partial charge in [-0.3, -0.25) is 4.79 Å². The van der Waals surface area contributed by atoms with Gasteiger partial charge in [0.25, 0.3) is 5.91 Å². The molecular weight excluding hydrogens is 688 g/mol. The standard InChI is InChI=1S/C36H38F4N6O6/c1-22-4-5-26(20-29(22)43-25-6-7-27-28(19-24-3-2-9-42-24)34(47)45-30(27)21-25)44-35(48)46-31-17-23(36(38,39)40)18-32(33(31)37)52-16-15-51-14-13-50-12-11-49-10-8-41/h2-7,9,17-21,42-43H,8,10-16,41H2,1H3,(H,45,47)(H2,44,46,48)/b28-19-. The summed E-state index contributed by atoms with van der Waals surface area (Å²) in [6.07, 6.45) is -1.32. The summed E-state index contributed by atoms with van der Waals surface area (Å²) >= 11 is 0. The Labute approximate surface area is 296 Å². The van der Waals surface area contributed by atoms with Gasteiger partial charge in [-0.05, 0) is 67.1 Å². The molecule has 12 nitrogen and oxygen atoms in total. The molecule has 0 fully saturated rings. The third-order valence-electron chi connectivity index (χ3n) is 7.61. The molecule has 1 aromatic heterocycles. The van der Waals surface area contributed by atoms with Crippen LogP contribution in [0.2, 0.25) is 0 Å². The van der Waals surface area contributed by atoms with E-state index in [1.807, 2.05) is 25.1 Å². The van der Waals surface area contributed by atoms with Crippen LogP contribution in [-0.2, 0) is 25.2 Å². The number of ether oxygens (including phenoxy) is 4. The van der Waals surface area contributed by atoms with Gasteiger partial charge < -0.3 is 50.9 Å². The number of aromatic amines is 1. The van der Waals surface area contributed by atoms with Crippen molar-refractivity contribution in [1.82, 2.24) is 4.98 Å². The molecule has 3 amide bonds. The minimum atomic E-state index is -4.85. The number of halogens is 4. The van der Waals surface area contributed by atoms with E-state index in [0.29, 0.717) is 61.1 Å². The first-order valence-electron chi connectivity index (χ1n) is 16.2. The number of H-pyrrole nitrogens is 1. The summed E-state index contributed by atoms with van der Waals surface area (Å²) in [5, 5.41) is 10.8. The Bertz CT molecular complexity index is 1880. The summed E-state index contributed by atoms with van der Waals surface area (Å²) in [7, 11) is 0. The zero-order valence-corrected chi connectivity index (χ0v) is 28.1. The van der Waals surface area contributed by atoms with Crippen molar-refractivity contribution < 1.29 is 46.1 Å². The number of aryl methyl sites for hydroxylation is 1. The maximum absolute atomic E-state index is 15.3. The van der Waals surface area contributed by atoms with Crippen LogP contribution in [0.1, 0.15) is 22.4 Å². The highest BCUT2D eigenvalue weighted by molar-refractivity contribution is 6.35. The summed E-state index contributed by atoms with van der Waals surface area (Å²) in [4.78, 5) is 28.6. The van der Waals surface area contributed by atoms with Crippen LogP contribution in [0, 0.1) is 12.7 Å². The van der Waals surface area contributed by atoms with Crippen LogP contribution < -0.4 is 31.7 Å². The van der Waals surface area contributed by atoms with Gasteiger partial charge in [-0.25, -0.2) is 9.18 Å². The molecule has 3 aromatic carbocycles. The fourth-order valence-electron chi connectivity index (χ4n) is 5.07. The third-order valence-corrected chi connectivity index (χ3v) is 7.61. The normalized spacial score (nSPS) is 13.2. The quantitative estimate of drug-likeness (QED) is 0.0396. The van der Waals surface area contributed by atoms with Crippen molar-refractivity contribution in [1.29, 1.82) is 0 Å². The van der Waals surface area contributed by atoms with Crippen molar-refractivity contribution in [3.63, 3.8) is 0 Å². The van der Waals surface area contributed by atoms with Crippen LogP contribution in [0.4, 0.5) is 50.8 Å². The zero-order valence-electron chi connectivity index (χ0n) is 28.1. The molecule has 0 radical (unpaired) electrons. The van der Waals surface area contributed by atoms with Crippen LogP contribution in [0.5, 0.6) is 5.75 Å². The molecular formula is C36H38F4N6O6. The number of carbonyl (C=O) groups is 2. The third kappa shape index (κ3) is 10.3. The molecule has 52 heavy (non-hydrogen) atoms. The highest BCUT2D eigenvalue weighted by atomic mass is 19.4. The molecule has 16 heteroatoms. The topological polar surface area (TPSA) is 161 Å². The van der Waals surface area contributed by atoms with Gasteiger partial charge in [0.1, 0.15) is 6.61 Å². The molecule has 4 aromatic rings. The zero-order chi connectivity index (χ0) is 37.1. The number of amides is 3. The summed E-state index contributed by atoms with van der Waals surface area (Å²) in [6.45, 7) is 3.48. The maximum atomic E-state index is 15.3. The molecule has 0 spiro atoms. The molecule has 5 rings (SSSR count). The predicted octanol–water partition coefficient (Wildman–Crippen LogP) is 6.75. The van der Waals surface area contributed by atoms with E-state index in [2.05, 4.69) is 26.3 Å². The fraction of sp³-hybridized carbons (Fsp3) is 0.278. The van der Waals surface area contributed by atoms with Crippen molar-refractivity contribution in [2.24, 2.45) is 5.73 Å². The first kappa shape index (κ1) is 37.8. The Kier molecular flexibility index (Phi) is 12.9. The van der Waals surface area contributed by atoms with Crippen LogP contribution in [0.25, 0.3) is 11.6 Å². The molecule has 0 aliphatic carbocycles. The predicted molar refractivity (Wildman–Crippen MR) is 189 cm³/mol. The number of aromatic nitrogens is 1. The lowest BCUT2D eigenvalue weighted by Gasteiger charge is -2.16. The molecule has 0 atom stereocenters. The average molecular weight is 727 g/mol.